The summed E-state index contributed by atoms with van der Waals surface area (Å²) in [6.45, 7) is 3.56. The summed E-state index contributed by atoms with van der Waals surface area (Å²) in [4.78, 5) is 14.2. The van der Waals surface area contributed by atoms with Crippen LogP contribution in [0.2, 0.25) is 0 Å². The Morgan fingerprint density at radius 2 is 2.17 bits per heavy atom. The molecule has 0 aromatic heterocycles. The fourth-order valence-electron chi connectivity index (χ4n) is 2.94. The molecule has 1 aromatic rings. The number of urea groups is 1. The fraction of sp³-hybridized carbons (Fsp3) is 0.611. The van der Waals surface area contributed by atoms with Gasteiger partial charge in [-0.15, -0.1) is 0 Å². The molecule has 2 atom stereocenters. The quantitative estimate of drug-likeness (QED) is 0.766. The fourth-order valence-corrected chi connectivity index (χ4v) is 2.94. The Balaban J connectivity index is 2.11. The van der Waals surface area contributed by atoms with E-state index in [1.807, 2.05) is 0 Å². The molecule has 5 nitrogen and oxygen atoms in total. The first-order valence-electron chi connectivity index (χ1n) is 8.69. The van der Waals surface area contributed by atoms with Crippen molar-refractivity contribution in [1.29, 1.82) is 0 Å². The van der Waals surface area contributed by atoms with Gasteiger partial charge >= 0.3 is 6.03 Å². The molecule has 0 bridgehead atoms. The first-order chi connectivity index (χ1) is 11.7. The number of aliphatic hydroxyl groups excluding tert-OH is 1. The maximum Gasteiger partial charge on any atom is 0.318 e. The second-order valence-electron chi connectivity index (χ2n) is 6.09. The number of nitrogens with one attached hydrogen (secondary N) is 1. The summed E-state index contributed by atoms with van der Waals surface area (Å²) in [6, 6.07) is 5.62. The van der Waals surface area contributed by atoms with Crippen LogP contribution in [0, 0.1) is 5.82 Å². The van der Waals surface area contributed by atoms with Crippen LogP contribution < -0.4 is 5.32 Å². The lowest BCUT2D eigenvalue weighted by Crippen LogP contribution is -2.46. The third-order valence-corrected chi connectivity index (χ3v) is 4.28. The number of benzene rings is 1. The summed E-state index contributed by atoms with van der Waals surface area (Å²) in [6.07, 6.45) is 3.56. The standard InChI is InChI=1S/C18H27FN2O3/c1-2-3-10-21(11-12-22)18(23)20-17(16-5-4-13-24-16)14-6-8-15(19)9-7-14/h6-9,16-17,22H,2-5,10-13H2,1H3,(H,20,23). The predicted molar refractivity (Wildman–Crippen MR) is 90.2 cm³/mol. The second-order valence-corrected chi connectivity index (χ2v) is 6.09. The third kappa shape index (κ3) is 5.18. The lowest BCUT2D eigenvalue weighted by Gasteiger charge is -2.29. The van der Waals surface area contributed by atoms with E-state index in [1.54, 1.807) is 17.0 Å². The highest BCUT2D eigenvalue weighted by Crippen LogP contribution is 2.27. The summed E-state index contributed by atoms with van der Waals surface area (Å²) in [7, 11) is 0. The van der Waals surface area contributed by atoms with E-state index >= 15 is 0 Å². The van der Waals surface area contributed by atoms with Gasteiger partial charge in [-0.3, -0.25) is 0 Å². The number of hydrogen-bond donors (Lipinski definition) is 2. The van der Waals surface area contributed by atoms with E-state index in [9.17, 15) is 14.3 Å². The SMILES string of the molecule is CCCCN(CCO)C(=O)NC(c1ccc(F)cc1)C1CCCO1. The number of amides is 2. The van der Waals surface area contributed by atoms with Gasteiger partial charge in [0.1, 0.15) is 5.82 Å². The van der Waals surface area contributed by atoms with Crippen LogP contribution in [0.3, 0.4) is 0 Å². The summed E-state index contributed by atoms with van der Waals surface area (Å²) < 4.78 is 18.9. The normalized spacial score (nSPS) is 18.4. The zero-order chi connectivity index (χ0) is 17.4. The van der Waals surface area contributed by atoms with Gasteiger partial charge < -0.3 is 20.1 Å². The first kappa shape index (κ1) is 18.7. The maximum absolute atomic E-state index is 13.2. The van der Waals surface area contributed by atoms with Crippen LogP contribution in [-0.4, -0.2) is 48.4 Å². The summed E-state index contributed by atoms with van der Waals surface area (Å²) in [5, 5.41) is 12.2. The monoisotopic (exact) mass is 338 g/mol. The Kier molecular flexibility index (Phi) is 7.46. The molecule has 1 heterocycles. The van der Waals surface area contributed by atoms with Crippen LogP contribution in [0.5, 0.6) is 0 Å². The molecule has 2 N–H and O–H groups in total. The van der Waals surface area contributed by atoms with Crippen molar-refractivity contribution in [3.8, 4) is 0 Å². The van der Waals surface area contributed by atoms with Gasteiger partial charge in [0.25, 0.3) is 0 Å². The number of hydrogen-bond acceptors (Lipinski definition) is 3. The van der Waals surface area contributed by atoms with Crippen molar-refractivity contribution in [2.24, 2.45) is 0 Å². The van der Waals surface area contributed by atoms with Gasteiger partial charge in [-0.1, -0.05) is 25.5 Å². The van der Waals surface area contributed by atoms with Gasteiger partial charge in [0.15, 0.2) is 0 Å². The van der Waals surface area contributed by atoms with E-state index < -0.39 is 0 Å². The average molecular weight is 338 g/mol. The van der Waals surface area contributed by atoms with E-state index in [0.717, 1.165) is 31.2 Å². The summed E-state index contributed by atoms with van der Waals surface area (Å²) in [5.74, 6) is -0.305. The molecule has 0 spiro atoms. The molecule has 6 heteroatoms. The molecule has 2 unspecified atom stereocenters. The highest BCUT2D eigenvalue weighted by Gasteiger charge is 2.30. The van der Waals surface area contributed by atoms with Gasteiger partial charge in [-0.2, -0.15) is 0 Å². The van der Waals surface area contributed by atoms with E-state index in [0.29, 0.717) is 19.7 Å². The molecule has 0 saturated carbocycles. The van der Waals surface area contributed by atoms with E-state index in [2.05, 4.69) is 12.2 Å². The number of carbonyl (C=O) groups is 1. The van der Waals surface area contributed by atoms with Crippen molar-refractivity contribution in [3.05, 3.63) is 35.6 Å². The van der Waals surface area contributed by atoms with Crippen molar-refractivity contribution in [3.63, 3.8) is 0 Å². The Morgan fingerprint density at radius 3 is 2.75 bits per heavy atom. The number of rotatable bonds is 8. The summed E-state index contributed by atoms with van der Waals surface area (Å²) >= 11 is 0. The molecule has 134 valence electrons. The maximum atomic E-state index is 13.2. The van der Waals surface area contributed by atoms with E-state index in [4.69, 9.17) is 4.74 Å². The van der Waals surface area contributed by atoms with Crippen LogP contribution >= 0.6 is 0 Å². The van der Waals surface area contributed by atoms with Crippen LogP contribution in [0.1, 0.15) is 44.2 Å². The second kappa shape index (κ2) is 9.59. The van der Waals surface area contributed by atoms with Crippen molar-refractivity contribution in [1.82, 2.24) is 10.2 Å². The minimum atomic E-state index is -0.316. The first-order valence-corrected chi connectivity index (χ1v) is 8.69. The molecule has 0 radical (unpaired) electrons. The van der Waals surface area contributed by atoms with Crippen LogP contribution in [-0.2, 0) is 4.74 Å². The van der Waals surface area contributed by atoms with Crippen molar-refractivity contribution in [2.45, 2.75) is 44.8 Å². The van der Waals surface area contributed by atoms with Crippen LogP contribution in [0.15, 0.2) is 24.3 Å². The number of carbonyl (C=O) groups excluding carboxylic acids is 1. The lowest BCUT2D eigenvalue weighted by molar-refractivity contribution is 0.0772. The molecular formula is C18H27FN2O3. The predicted octanol–water partition coefficient (Wildman–Crippen LogP) is 2.85. The van der Waals surface area contributed by atoms with Crippen LogP contribution in [0.25, 0.3) is 0 Å². The minimum absolute atomic E-state index is 0.0712. The largest absolute Gasteiger partial charge is 0.395 e. The van der Waals surface area contributed by atoms with Gasteiger partial charge in [-0.05, 0) is 37.0 Å². The molecule has 1 aliphatic heterocycles. The Bertz CT molecular complexity index is 503. The van der Waals surface area contributed by atoms with Gasteiger partial charge in [0, 0.05) is 19.7 Å². The van der Waals surface area contributed by atoms with Crippen LogP contribution in [0.4, 0.5) is 9.18 Å². The van der Waals surface area contributed by atoms with Gasteiger partial charge in [0.2, 0.25) is 0 Å². The molecule has 1 fully saturated rings. The number of ether oxygens (including phenoxy) is 1. The number of aliphatic hydroxyl groups is 1. The summed E-state index contributed by atoms with van der Waals surface area (Å²) in [5.41, 5.74) is 0.830. The molecule has 2 rings (SSSR count). The minimum Gasteiger partial charge on any atom is -0.395 e. The van der Waals surface area contributed by atoms with E-state index in [1.165, 1.54) is 12.1 Å². The average Bonchev–Trinajstić information content (AvgIpc) is 3.11. The number of halogens is 1. The van der Waals surface area contributed by atoms with Crippen molar-refractivity contribution < 1.29 is 19.0 Å². The Morgan fingerprint density at radius 1 is 1.42 bits per heavy atom. The van der Waals surface area contributed by atoms with Crippen molar-refractivity contribution in [2.75, 3.05) is 26.3 Å². The zero-order valence-corrected chi connectivity index (χ0v) is 14.2. The van der Waals surface area contributed by atoms with Gasteiger partial charge in [0.05, 0.1) is 18.8 Å². The van der Waals surface area contributed by atoms with Gasteiger partial charge in [-0.25, -0.2) is 9.18 Å². The lowest BCUT2D eigenvalue weighted by atomic mass is 9.99. The third-order valence-electron chi connectivity index (χ3n) is 4.28. The molecule has 1 saturated heterocycles. The molecule has 1 aromatic carbocycles. The topological polar surface area (TPSA) is 61.8 Å². The Hall–Kier alpha value is -1.66. The molecular weight excluding hydrogens is 311 g/mol. The highest BCUT2D eigenvalue weighted by atomic mass is 19.1. The zero-order valence-electron chi connectivity index (χ0n) is 14.2. The molecule has 1 aliphatic rings. The smallest absolute Gasteiger partial charge is 0.318 e. The number of nitrogens with zero attached hydrogens (tertiary/aromatic N) is 1. The molecule has 0 aliphatic carbocycles. The molecule has 2 amide bonds. The number of unbranched alkanes of at least 4 members (excludes halogenated alkanes) is 1. The van der Waals surface area contributed by atoms with Crippen molar-refractivity contribution >= 4 is 6.03 Å². The Labute approximate surface area is 142 Å². The van der Waals surface area contributed by atoms with E-state index in [-0.39, 0.29) is 30.6 Å². The highest BCUT2D eigenvalue weighted by molar-refractivity contribution is 5.74. The molecule has 24 heavy (non-hydrogen) atoms.